The molecule has 1 heterocycles. The number of rotatable bonds is 5. The maximum Gasteiger partial charge on any atom is 0.162 e. The summed E-state index contributed by atoms with van der Waals surface area (Å²) in [6.45, 7) is 2.51. The number of nitrogen functional groups attached to an aromatic ring is 1. The lowest BCUT2D eigenvalue weighted by Gasteiger charge is -2.19. The van der Waals surface area contributed by atoms with Crippen LogP contribution in [0.5, 0.6) is 11.5 Å². The molecule has 2 rings (SSSR count). The Hall–Kier alpha value is -1.95. The van der Waals surface area contributed by atoms with E-state index in [1.807, 2.05) is 13.2 Å². The number of phenols is 1. The number of nitrogens with zero attached hydrogens (tertiary/aromatic N) is 2. The van der Waals surface area contributed by atoms with Crippen LogP contribution < -0.4 is 15.8 Å². The number of aromatic hydroxyl groups is 1. The van der Waals surface area contributed by atoms with Gasteiger partial charge in [0.2, 0.25) is 0 Å². The number of methoxy groups -OCH3 is 1. The monoisotopic (exact) mass is 300 g/mol. The molecule has 7 heteroatoms. The molecule has 0 spiro atoms. The molecule has 0 bridgehead atoms. The molecule has 0 fully saturated rings. The Morgan fingerprint density at radius 2 is 2.15 bits per heavy atom. The van der Waals surface area contributed by atoms with Crippen LogP contribution in [0.2, 0.25) is 0 Å². The lowest BCUT2D eigenvalue weighted by atomic mass is 10.2. The zero-order valence-electron chi connectivity index (χ0n) is 11.7. The van der Waals surface area contributed by atoms with Gasteiger partial charge in [-0.05, 0) is 0 Å². The van der Waals surface area contributed by atoms with Crippen molar-refractivity contribution in [2.45, 2.75) is 0 Å². The molecule has 1 aromatic carbocycles. The number of nitrogens with two attached hydrogens (primary N) is 1. The Morgan fingerprint density at radius 1 is 1.40 bits per heavy atom. The van der Waals surface area contributed by atoms with E-state index in [0.717, 1.165) is 25.4 Å². The number of nitrogens with one attached hydrogen (secondary N) is 1. The largest absolute Gasteiger partial charge is 0.504 e. The zero-order chi connectivity index (χ0) is 13.8. The van der Waals surface area contributed by atoms with Crippen molar-refractivity contribution in [3.05, 3.63) is 24.5 Å². The van der Waals surface area contributed by atoms with Crippen LogP contribution in [-0.2, 0) is 0 Å². The van der Waals surface area contributed by atoms with Crippen LogP contribution in [0.1, 0.15) is 0 Å². The Balaban J connectivity index is 0.00000200. The predicted molar refractivity (Wildman–Crippen MR) is 83.3 cm³/mol. The van der Waals surface area contributed by atoms with Crippen molar-refractivity contribution in [3.8, 4) is 11.5 Å². The first-order valence-corrected chi connectivity index (χ1v) is 6.13. The van der Waals surface area contributed by atoms with Gasteiger partial charge in [0.15, 0.2) is 11.5 Å². The van der Waals surface area contributed by atoms with E-state index < -0.39 is 0 Å². The highest BCUT2D eigenvalue weighted by atomic mass is 35.5. The van der Waals surface area contributed by atoms with Gasteiger partial charge < -0.3 is 30.7 Å². The summed E-state index contributed by atoms with van der Waals surface area (Å²) in [5.41, 5.74) is 7.17. The van der Waals surface area contributed by atoms with Crippen molar-refractivity contribution < 1.29 is 9.84 Å². The molecule has 0 aliphatic carbocycles. The molecule has 1 aliphatic heterocycles. The van der Waals surface area contributed by atoms with Crippen LogP contribution in [0.3, 0.4) is 0 Å². The molecule has 1 aliphatic rings. The number of hydrogen-bond donors (Lipinski definition) is 3. The van der Waals surface area contributed by atoms with Gasteiger partial charge in [0.05, 0.1) is 25.2 Å². The second-order valence-corrected chi connectivity index (χ2v) is 4.55. The van der Waals surface area contributed by atoms with Crippen molar-refractivity contribution in [1.29, 1.82) is 0 Å². The van der Waals surface area contributed by atoms with Gasteiger partial charge in [-0.3, -0.25) is 0 Å². The third-order valence-electron chi connectivity index (χ3n) is 3.00. The Labute approximate surface area is 125 Å². The molecule has 6 nitrogen and oxygen atoms in total. The summed E-state index contributed by atoms with van der Waals surface area (Å²) in [5, 5.41) is 12.9. The maximum absolute atomic E-state index is 9.71. The van der Waals surface area contributed by atoms with Gasteiger partial charge in [-0.25, -0.2) is 0 Å². The second-order valence-electron chi connectivity index (χ2n) is 4.55. The topological polar surface area (TPSA) is 74.0 Å². The molecule has 0 amide bonds. The van der Waals surface area contributed by atoms with E-state index in [1.54, 1.807) is 12.1 Å². The predicted octanol–water partition coefficient (Wildman–Crippen LogP) is 1.49. The standard InChI is InChI=1S/C13H20N4O2.ClH/c1-16-5-6-17(9-16)4-3-15-11-8-12(18)13(19-2)7-10(11)14;/h5-8,15,18H,3-4,9,14H2,1-2H3;1H. The Morgan fingerprint density at radius 3 is 2.75 bits per heavy atom. The van der Waals surface area contributed by atoms with E-state index in [0.29, 0.717) is 11.4 Å². The fourth-order valence-corrected chi connectivity index (χ4v) is 1.97. The smallest absolute Gasteiger partial charge is 0.162 e. The van der Waals surface area contributed by atoms with Crippen LogP contribution >= 0.6 is 12.4 Å². The van der Waals surface area contributed by atoms with Crippen LogP contribution in [-0.4, -0.2) is 48.8 Å². The quantitative estimate of drug-likeness (QED) is 0.565. The minimum absolute atomic E-state index is 0. The number of hydrogen-bond acceptors (Lipinski definition) is 6. The van der Waals surface area contributed by atoms with E-state index in [1.165, 1.54) is 7.11 Å². The van der Waals surface area contributed by atoms with Crippen molar-refractivity contribution >= 4 is 23.8 Å². The van der Waals surface area contributed by atoms with Gasteiger partial charge >= 0.3 is 0 Å². The van der Waals surface area contributed by atoms with Crippen molar-refractivity contribution in [3.63, 3.8) is 0 Å². The number of ether oxygens (including phenoxy) is 1. The van der Waals surface area contributed by atoms with Gasteiger partial charge in [0, 0.05) is 44.7 Å². The SMILES string of the molecule is COc1cc(N)c(NCCN2C=CN(C)C2)cc1O.Cl. The van der Waals surface area contributed by atoms with Gasteiger partial charge in [-0.15, -0.1) is 12.4 Å². The third-order valence-corrected chi connectivity index (χ3v) is 3.00. The summed E-state index contributed by atoms with van der Waals surface area (Å²) < 4.78 is 5.00. The number of benzene rings is 1. The fourth-order valence-electron chi connectivity index (χ4n) is 1.97. The first-order valence-electron chi connectivity index (χ1n) is 6.13. The molecule has 0 saturated carbocycles. The van der Waals surface area contributed by atoms with Crippen molar-refractivity contribution in [2.75, 3.05) is 45.0 Å². The molecule has 0 unspecified atom stereocenters. The number of halogens is 1. The van der Waals surface area contributed by atoms with E-state index in [-0.39, 0.29) is 18.2 Å². The van der Waals surface area contributed by atoms with Gasteiger partial charge in [0.1, 0.15) is 0 Å². The molecule has 112 valence electrons. The van der Waals surface area contributed by atoms with Crippen LogP contribution in [0.15, 0.2) is 24.5 Å². The van der Waals surface area contributed by atoms with E-state index in [4.69, 9.17) is 10.5 Å². The zero-order valence-corrected chi connectivity index (χ0v) is 12.5. The lowest BCUT2D eigenvalue weighted by molar-refractivity contribution is 0.305. The Kier molecular flexibility index (Phi) is 5.64. The van der Waals surface area contributed by atoms with Crippen molar-refractivity contribution in [1.82, 2.24) is 9.80 Å². The summed E-state index contributed by atoms with van der Waals surface area (Å²) in [4.78, 5) is 4.29. The normalized spacial score (nSPS) is 13.3. The van der Waals surface area contributed by atoms with Crippen molar-refractivity contribution in [2.24, 2.45) is 0 Å². The fraction of sp³-hybridized carbons (Fsp3) is 0.385. The summed E-state index contributed by atoms with van der Waals surface area (Å²) in [6, 6.07) is 3.20. The molecule has 4 N–H and O–H groups in total. The van der Waals surface area contributed by atoms with Gasteiger partial charge in [0.25, 0.3) is 0 Å². The van der Waals surface area contributed by atoms with Crippen LogP contribution in [0, 0.1) is 0 Å². The van der Waals surface area contributed by atoms with E-state index in [9.17, 15) is 5.11 Å². The van der Waals surface area contributed by atoms with Crippen LogP contribution in [0.25, 0.3) is 0 Å². The highest BCUT2D eigenvalue weighted by Gasteiger charge is 2.09. The molecular formula is C13H21ClN4O2. The van der Waals surface area contributed by atoms with E-state index in [2.05, 4.69) is 21.3 Å². The van der Waals surface area contributed by atoms with Crippen LogP contribution in [0.4, 0.5) is 11.4 Å². The molecule has 0 saturated heterocycles. The summed E-state index contributed by atoms with van der Waals surface area (Å²) >= 11 is 0. The average molecular weight is 301 g/mol. The van der Waals surface area contributed by atoms with Gasteiger partial charge in [-0.2, -0.15) is 0 Å². The summed E-state index contributed by atoms with van der Waals surface area (Å²) in [7, 11) is 3.53. The highest BCUT2D eigenvalue weighted by Crippen LogP contribution is 2.33. The maximum atomic E-state index is 9.71. The first-order chi connectivity index (χ1) is 9.10. The number of phenolic OH excluding ortho intramolecular Hbond substituents is 1. The molecule has 0 atom stereocenters. The molecule has 1 aromatic rings. The van der Waals surface area contributed by atoms with Gasteiger partial charge in [-0.1, -0.05) is 0 Å². The second kappa shape index (κ2) is 7.00. The summed E-state index contributed by atoms with van der Waals surface area (Å²) in [5.74, 6) is 0.465. The molecule has 0 radical (unpaired) electrons. The summed E-state index contributed by atoms with van der Waals surface area (Å²) in [6.07, 6.45) is 4.09. The Bertz CT molecular complexity index is 482. The molecule has 20 heavy (non-hydrogen) atoms. The lowest BCUT2D eigenvalue weighted by Crippen LogP contribution is -2.27. The number of anilines is 2. The first kappa shape index (κ1) is 16.1. The average Bonchev–Trinajstić information content (AvgIpc) is 2.79. The minimum Gasteiger partial charge on any atom is -0.504 e. The third kappa shape index (κ3) is 3.77. The molecular weight excluding hydrogens is 280 g/mol. The molecule has 0 aromatic heterocycles. The minimum atomic E-state index is 0. The van der Waals surface area contributed by atoms with E-state index >= 15 is 0 Å². The highest BCUT2D eigenvalue weighted by molar-refractivity contribution is 5.85.